The zero-order valence-electron chi connectivity index (χ0n) is 5.95. The Bertz CT molecular complexity index is 263. The number of aliphatic carboxylic acids is 1. The van der Waals surface area contributed by atoms with Crippen LogP contribution in [0.4, 0.5) is 0 Å². The SMILES string of the molecule is C=C1C(N)=CC=CC1C(=O)O. The average Bonchev–Trinajstić information content (AvgIpc) is 1.94. The number of hydrogen-bond donors (Lipinski definition) is 2. The van der Waals surface area contributed by atoms with E-state index >= 15 is 0 Å². The van der Waals surface area contributed by atoms with E-state index in [-0.39, 0.29) is 0 Å². The molecular formula is C8H9NO2. The van der Waals surface area contributed by atoms with E-state index in [2.05, 4.69) is 6.58 Å². The first-order valence-corrected chi connectivity index (χ1v) is 3.19. The van der Waals surface area contributed by atoms with Crippen LogP contribution in [0.3, 0.4) is 0 Å². The smallest absolute Gasteiger partial charge is 0.314 e. The van der Waals surface area contributed by atoms with Gasteiger partial charge < -0.3 is 10.8 Å². The molecule has 1 aliphatic carbocycles. The predicted molar refractivity (Wildman–Crippen MR) is 41.7 cm³/mol. The first-order chi connectivity index (χ1) is 5.13. The van der Waals surface area contributed by atoms with Crippen molar-refractivity contribution >= 4 is 5.97 Å². The van der Waals surface area contributed by atoms with Crippen LogP contribution in [-0.4, -0.2) is 11.1 Å². The molecule has 3 nitrogen and oxygen atoms in total. The van der Waals surface area contributed by atoms with Crippen LogP contribution in [-0.2, 0) is 4.79 Å². The number of hydrogen-bond acceptors (Lipinski definition) is 2. The second kappa shape index (κ2) is 2.62. The normalized spacial score (nSPS) is 23.1. The number of carboxylic acid groups (broad SMARTS) is 1. The van der Waals surface area contributed by atoms with Crippen molar-refractivity contribution in [2.45, 2.75) is 0 Å². The largest absolute Gasteiger partial charge is 0.481 e. The summed E-state index contributed by atoms with van der Waals surface area (Å²) in [6.45, 7) is 3.57. The van der Waals surface area contributed by atoms with Gasteiger partial charge in [0.2, 0.25) is 0 Å². The van der Waals surface area contributed by atoms with E-state index in [1.54, 1.807) is 18.2 Å². The molecule has 0 amide bonds. The molecule has 0 fully saturated rings. The molecule has 0 bridgehead atoms. The Morgan fingerprint density at radius 3 is 2.82 bits per heavy atom. The summed E-state index contributed by atoms with van der Waals surface area (Å²) >= 11 is 0. The molecule has 0 heterocycles. The molecule has 0 radical (unpaired) electrons. The Kier molecular flexibility index (Phi) is 1.81. The number of carbonyl (C=O) groups is 1. The fourth-order valence-corrected chi connectivity index (χ4v) is 0.904. The van der Waals surface area contributed by atoms with Crippen molar-refractivity contribution in [3.05, 3.63) is 36.1 Å². The van der Waals surface area contributed by atoms with E-state index in [1.807, 2.05) is 0 Å². The molecule has 1 atom stereocenters. The quantitative estimate of drug-likeness (QED) is 0.578. The van der Waals surface area contributed by atoms with Crippen LogP contribution in [0.1, 0.15) is 0 Å². The number of allylic oxidation sites excluding steroid dienone is 3. The van der Waals surface area contributed by atoms with Crippen molar-refractivity contribution in [1.82, 2.24) is 0 Å². The van der Waals surface area contributed by atoms with Gasteiger partial charge in [-0.05, 0) is 11.6 Å². The van der Waals surface area contributed by atoms with Gasteiger partial charge >= 0.3 is 5.97 Å². The predicted octanol–water partition coefficient (Wildman–Crippen LogP) is 0.656. The highest BCUT2D eigenvalue weighted by molar-refractivity contribution is 5.78. The van der Waals surface area contributed by atoms with Crippen LogP contribution in [0.25, 0.3) is 0 Å². The third kappa shape index (κ3) is 1.32. The van der Waals surface area contributed by atoms with Gasteiger partial charge in [-0.15, -0.1) is 0 Å². The first-order valence-electron chi connectivity index (χ1n) is 3.19. The third-order valence-corrected chi connectivity index (χ3v) is 1.59. The summed E-state index contributed by atoms with van der Waals surface area (Å²) in [6.07, 6.45) is 4.82. The van der Waals surface area contributed by atoms with Gasteiger partial charge in [0.15, 0.2) is 0 Å². The maximum Gasteiger partial charge on any atom is 0.314 e. The lowest BCUT2D eigenvalue weighted by Crippen LogP contribution is -2.19. The summed E-state index contributed by atoms with van der Waals surface area (Å²) in [6, 6.07) is 0. The fraction of sp³-hybridized carbons (Fsp3) is 0.125. The molecule has 58 valence electrons. The summed E-state index contributed by atoms with van der Waals surface area (Å²) < 4.78 is 0. The van der Waals surface area contributed by atoms with E-state index in [1.165, 1.54) is 0 Å². The topological polar surface area (TPSA) is 63.3 Å². The monoisotopic (exact) mass is 151 g/mol. The Morgan fingerprint density at radius 2 is 2.36 bits per heavy atom. The van der Waals surface area contributed by atoms with Crippen LogP contribution in [0.15, 0.2) is 36.1 Å². The van der Waals surface area contributed by atoms with E-state index in [9.17, 15) is 4.79 Å². The van der Waals surface area contributed by atoms with Crippen molar-refractivity contribution in [1.29, 1.82) is 0 Å². The Labute approximate surface area is 64.5 Å². The summed E-state index contributed by atoms with van der Waals surface area (Å²) in [5.41, 5.74) is 6.36. The standard InChI is InChI=1S/C8H9NO2/c1-5-6(8(10)11)3-2-4-7(5)9/h2-4,6H,1,9H2,(H,10,11). The fourth-order valence-electron chi connectivity index (χ4n) is 0.904. The Morgan fingerprint density at radius 1 is 1.73 bits per heavy atom. The molecule has 0 aromatic heterocycles. The van der Waals surface area contributed by atoms with Crippen molar-refractivity contribution in [3.8, 4) is 0 Å². The lowest BCUT2D eigenvalue weighted by molar-refractivity contribution is -0.138. The molecular weight excluding hydrogens is 142 g/mol. The lowest BCUT2D eigenvalue weighted by atomic mass is 9.94. The summed E-state index contributed by atoms with van der Waals surface area (Å²) in [7, 11) is 0. The maximum atomic E-state index is 10.5. The van der Waals surface area contributed by atoms with Crippen molar-refractivity contribution in [2.75, 3.05) is 0 Å². The summed E-state index contributed by atoms with van der Waals surface area (Å²) in [5.74, 6) is -1.57. The highest BCUT2D eigenvalue weighted by atomic mass is 16.4. The molecule has 3 N–H and O–H groups in total. The van der Waals surface area contributed by atoms with E-state index in [4.69, 9.17) is 10.8 Å². The highest BCUT2D eigenvalue weighted by Gasteiger charge is 2.20. The number of rotatable bonds is 1. The molecule has 1 unspecified atom stereocenters. The van der Waals surface area contributed by atoms with Gasteiger partial charge in [0.05, 0.1) is 0 Å². The molecule has 0 aromatic rings. The van der Waals surface area contributed by atoms with Crippen molar-refractivity contribution < 1.29 is 9.90 Å². The van der Waals surface area contributed by atoms with Gasteiger partial charge in [0.1, 0.15) is 5.92 Å². The molecule has 1 aliphatic rings. The molecule has 0 aromatic carbocycles. The Balaban J connectivity index is 2.90. The third-order valence-electron chi connectivity index (χ3n) is 1.59. The minimum Gasteiger partial charge on any atom is -0.481 e. The lowest BCUT2D eigenvalue weighted by Gasteiger charge is -2.14. The van der Waals surface area contributed by atoms with E-state index in [0.717, 1.165) is 0 Å². The summed E-state index contributed by atoms with van der Waals surface area (Å²) in [4.78, 5) is 10.5. The molecule has 0 spiro atoms. The second-order valence-electron chi connectivity index (χ2n) is 2.35. The summed E-state index contributed by atoms with van der Waals surface area (Å²) in [5, 5.41) is 8.63. The van der Waals surface area contributed by atoms with Gasteiger partial charge in [-0.25, -0.2) is 0 Å². The van der Waals surface area contributed by atoms with Crippen LogP contribution >= 0.6 is 0 Å². The van der Waals surface area contributed by atoms with Crippen LogP contribution < -0.4 is 5.73 Å². The van der Waals surface area contributed by atoms with Gasteiger partial charge in [-0.1, -0.05) is 18.7 Å². The average molecular weight is 151 g/mol. The van der Waals surface area contributed by atoms with Gasteiger partial charge in [-0.2, -0.15) is 0 Å². The zero-order valence-corrected chi connectivity index (χ0v) is 5.95. The molecule has 0 saturated carbocycles. The second-order valence-corrected chi connectivity index (χ2v) is 2.35. The van der Waals surface area contributed by atoms with Crippen LogP contribution in [0.2, 0.25) is 0 Å². The number of carboxylic acids is 1. The van der Waals surface area contributed by atoms with Gasteiger partial charge in [0.25, 0.3) is 0 Å². The van der Waals surface area contributed by atoms with Gasteiger partial charge in [-0.3, -0.25) is 4.79 Å². The molecule has 0 aliphatic heterocycles. The molecule has 3 heteroatoms. The molecule has 1 rings (SSSR count). The molecule has 11 heavy (non-hydrogen) atoms. The zero-order chi connectivity index (χ0) is 8.43. The highest BCUT2D eigenvalue weighted by Crippen LogP contribution is 2.20. The van der Waals surface area contributed by atoms with Crippen LogP contribution in [0, 0.1) is 5.92 Å². The van der Waals surface area contributed by atoms with Crippen molar-refractivity contribution in [3.63, 3.8) is 0 Å². The minimum atomic E-state index is -0.915. The van der Waals surface area contributed by atoms with Crippen LogP contribution in [0.5, 0.6) is 0 Å². The van der Waals surface area contributed by atoms with E-state index in [0.29, 0.717) is 11.3 Å². The minimum absolute atomic E-state index is 0.444. The van der Waals surface area contributed by atoms with Gasteiger partial charge in [0, 0.05) is 5.70 Å². The molecule has 0 saturated heterocycles. The van der Waals surface area contributed by atoms with Crippen molar-refractivity contribution in [2.24, 2.45) is 11.7 Å². The maximum absolute atomic E-state index is 10.5. The van der Waals surface area contributed by atoms with E-state index < -0.39 is 11.9 Å². The first kappa shape index (κ1) is 7.60. The number of nitrogens with two attached hydrogens (primary N) is 1. The Hall–Kier alpha value is -1.51.